The Balaban J connectivity index is 1.90. The van der Waals surface area contributed by atoms with Gasteiger partial charge in [-0.3, -0.25) is 4.79 Å². The van der Waals surface area contributed by atoms with Gasteiger partial charge < -0.3 is 14.8 Å². The monoisotopic (exact) mass is 374 g/mol. The molecule has 5 nitrogen and oxygen atoms in total. The number of halogens is 2. The number of nitrogens with zero attached hydrogens (tertiary/aromatic N) is 1. The van der Waals surface area contributed by atoms with Gasteiger partial charge in [0, 0.05) is 5.56 Å². The van der Waals surface area contributed by atoms with Crippen LogP contribution in [0.5, 0.6) is 11.5 Å². The lowest BCUT2D eigenvalue weighted by Gasteiger charge is -2.19. The molecule has 2 aromatic rings. The van der Waals surface area contributed by atoms with E-state index in [9.17, 15) is 10.1 Å². The molecule has 0 fully saturated rings. The van der Waals surface area contributed by atoms with E-state index in [2.05, 4.69) is 5.32 Å². The molecule has 0 radical (unpaired) electrons. The van der Waals surface area contributed by atoms with Crippen LogP contribution in [-0.2, 0) is 4.79 Å². The van der Waals surface area contributed by atoms with Gasteiger partial charge >= 0.3 is 0 Å². The molecule has 0 bridgehead atoms. The highest BCUT2D eigenvalue weighted by atomic mass is 35.5. The smallest absolute Gasteiger partial charge is 0.266 e. The summed E-state index contributed by atoms with van der Waals surface area (Å²) in [6, 6.07) is 12.0. The summed E-state index contributed by atoms with van der Waals surface area (Å²) in [7, 11) is 0. The van der Waals surface area contributed by atoms with Gasteiger partial charge in [0.15, 0.2) is 11.5 Å². The molecular weight excluding hydrogens is 363 g/mol. The third-order valence-electron chi connectivity index (χ3n) is 3.46. The standard InChI is InChI=1S/C18H12Cl2N2O3/c19-13-4-2-5-14(16(13)20)22-18(23)12(10-21)9-11-3-1-6-15-17(11)25-8-7-24-15/h1-6,9H,7-8H2,(H,22,23)/b12-9-. The van der Waals surface area contributed by atoms with Crippen LogP contribution in [-0.4, -0.2) is 19.1 Å². The lowest BCUT2D eigenvalue weighted by molar-refractivity contribution is -0.112. The van der Waals surface area contributed by atoms with Gasteiger partial charge in [-0.15, -0.1) is 0 Å². The van der Waals surface area contributed by atoms with Crippen LogP contribution in [0.2, 0.25) is 10.0 Å². The number of nitrogens with one attached hydrogen (secondary N) is 1. The van der Waals surface area contributed by atoms with Crippen molar-refractivity contribution in [3.63, 3.8) is 0 Å². The fourth-order valence-corrected chi connectivity index (χ4v) is 2.65. The number of amides is 1. The number of carbonyl (C=O) groups excluding carboxylic acids is 1. The number of para-hydroxylation sites is 1. The number of benzene rings is 2. The van der Waals surface area contributed by atoms with E-state index in [0.29, 0.717) is 41.0 Å². The first-order chi connectivity index (χ1) is 12.1. The van der Waals surface area contributed by atoms with Crippen molar-refractivity contribution >= 4 is 40.9 Å². The lowest BCUT2D eigenvalue weighted by atomic mass is 10.1. The van der Waals surface area contributed by atoms with Crippen molar-refractivity contribution in [3.05, 3.63) is 57.6 Å². The van der Waals surface area contributed by atoms with Crippen LogP contribution >= 0.6 is 23.2 Å². The van der Waals surface area contributed by atoms with Gasteiger partial charge in [-0.25, -0.2) is 0 Å². The Kier molecular flexibility index (Phi) is 5.13. The number of nitriles is 1. The van der Waals surface area contributed by atoms with Gasteiger partial charge in [0.25, 0.3) is 5.91 Å². The van der Waals surface area contributed by atoms with E-state index in [0.717, 1.165) is 0 Å². The normalized spacial score (nSPS) is 13.1. The minimum Gasteiger partial charge on any atom is -0.486 e. The summed E-state index contributed by atoms with van der Waals surface area (Å²) in [5.74, 6) is 0.492. The zero-order chi connectivity index (χ0) is 17.8. The van der Waals surface area contributed by atoms with Crippen LogP contribution in [0.3, 0.4) is 0 Å². The maximum Gasteiger partial charge on any atom is 0.266 e. The van der Waals surface area contributed by atoms with Crippen molar-refractivity contribution in [1.82, 2.24) is 0 Å². The summed E-state index contributed by atoms with van der Waals surface area (Å²) < 4.78 is 11.1. The topological polar surface area (TPSA) is 71.3 Å². The van der Waals surface area contributed by atoms with E-state index in [1.807, 2.05) is 6.07 Å². The van der Waals surface area contributed by atoms with Gasteiger partial charge in [-0.1, -0.05) is 41.4 Å². The molecule has 0 spiro atoms. The Labute approximate surface area is 154 Å². The van der Waals surface area contributed by atoms with Crippen LogP contribution < -0.4 is 14.8 Å². The van der Waals surface area contributed by atoms with Crippen molar-refractivity contribution < 1.29 is 14.3 Å². The summed E-state index contributed by atoms with van der Waals surface area (Å²) in [6.45, 7) is 0.864. The van der Waals surface area contributed by atoms with E-state index in [1.54, 1.807) is 36.4 Å². The second kappa shape index (κ2) is 7.47. The first-order valence-electron chi connectivity index (χ1n) is 7.36. The van der Waals surface area contributed by atoms with E-state index in [-0.39, 0.29) is 10.6 Å². The largest absolute Gasteiger partial charge is 0.486 e. The number of fused-ring (bicyclic) bond motifs is 1. The van der Waals surface area contributed by atoms with Crippen molar-refractivity contribution in [2.75, 3.05) is 18.5 Å². The molecule has 126 valence electrons. The van der Waals surface area contributed by atoms with E-state index in [1.165, 1.54) is 6.08 Å². The maximum absolute atomic E-state index is 12.4. The van der Waals surface area contributed by atoms with Gasteiger partial charge in [-0.2, -0.15) is 5.26 Å². The van der Waals surface area contributed by atoms with E-state index < -0.39 is 5.91 Å². The Morgan fingerprint density at radius 2 is 1.92 bits per heavy atom. The molecule has 0 saturated carbocycles. The van der Waals surface area contributed by atoms with E-state index >= 15 is 0 Å². The lowest BCUT2D eigenvalue weighted by Crippen LogP contribution is -2.16. The van der Waals surface area contributed by atoms with Crippen molar-refractivity contribution in [2.45, 2.75) is 0 Å². The van der Waals surface area contributed by atoms with Crippen molar-refractivity contribution in [1.29, 1.82) is 5.26 Å². The molecule has 1 N–H and O–H groups in total. The summed E-state index contributed by atoms with van der Waals surface area (Å²) in [4.78, 5) is 12.4. The molecule has 3 rings (SSSR count). The first kappa shape index (κ1) is 17.2. The quantitative estimate of drug-likeness (QED) is 0.641. The number of hydrogen-bond donors (Lipinski definition) is 1. The minimum absolute atomic E-state index is 0.0985. The van der Waals surface area contributed by atoms with Crippen LogP contribution in [0.15, 0.2) is 42.0 Å². The highest BCUT2D eigenvalue weighted by molar-refractivity contribution is 6.44. The maximum atomic E-state index is 12.4. The fourth-order valence-electron chi connectivity index (χ4n) is 2.30. The SMILES string of the molecule is N#C/C(=C/c1cccc2c1OCCO2)C(=O)Nc1cccc(Cl)c1Cl. The molecule has 1 aliphatic rings. The third kappa shape index (κ3) is 3.71. The van der Waals surface area contributed by atoms with Crippen LogP contribution in [0, 0.1) is 11.3 Å². The molecule has 7 heteroatoms. The Morgan fingerprint density at radius 3 is 2.72 bits per heavy atom. The Morgan fingerprint density at radius 1 is 1.16 bits per heavy atom. The molecule has 2 aromatic carbocycles. The fraction of sp³-hybridized carbons (Fsp3) is 0.111. The van der Waals surface area contributed by atoms with Crippen LogP contribution in [0.25, 0.3) is 6.08 Å². The number of anilines is 1. The highest BCUT2D eigenvalue weighted by Crippen LogP contribution is 2.35. The summed E-state index contributed by atoms with van der Waals surface area (Å²) in [6.07, 6.45) is 1.45. The molecule has 1 amide bonds. The van der Waals surface area contributed by atoms with Crippen molar-refractivity contribution in [3.8, 4) is 17.6 Å². The number of hydrogen-bond acceptors (Lipinski definition) is 4. The molecule has 1 heterocycles. The van der Waals surface area contributed by atoms with Crippen molar-refractivity contribution in [2.24, 2.45) is 0 Å². The number of ether oxygens (including phenoxy) is 2. The zero-order valence-corrected chi connectivity index (χ0v) is 14.4. The van der Waals surface area contributed by atoms with E-state index in [4.69, 9.17) is 32.7 Å². The minimum atomic E-state index is -0.596. The highest BCUT2D eigenvalue weighted by Gasteiger charge is 2.17. The third-order valence-corrected chi connectivity index (χ3v) is 4.28. The summed E-state index contributed by atoms with van der Waals surface area (Å²) in [5, 5.41) is 12.5. The predicted octanol–water partition coefficient (Wildman–Crippen LogP) is 4.31. The molecular formula is C18H12Cl2N2O3. The Bertz CT molecular complexity index is 904. The number of carbonyl (C=O) groups is 1. The summed E-state index contributed by atoms with van der Waals surface area (Å²) >= 11 is 12.0. The van der Waals surface area contributed by atoms with Gasteiger partial charge in [0.05, 0.1) is 15.7 Å². The van der Waals surface area contributed by atoms with Gasteiger partial charge in [0.1, 0.15) is 24.9 Å². The number of rotatable bonds is 3. The molecule has 0 saturated heterocycles. The van der Waals surface area contributed by atoms with Crippen LogP contribution in [0.1, 0.15) is 5.56 Å². The molecule has 1 aliphatic heterocycles. The zero-order valence-electron chi connectivity index (χ0n) is 12.9. The average Bonchev–Trinajstić information content (AvgIpc) is 2.63. The second-order valence-corrected chi connectivity index (χ2v) is 5.88. The van der Waals surface area contributed by atoms with Gasteiger partial charge in [-0.05, 0) is 24.3 Å². The molecule has 0 aromatic heterocycles. The summed E-state index contributed by atoms with van der Waals surface area (Å²) in [5.41, 5.74) is 0.815. The second-order valence-electron chi connectivity index (χ2n) is 5.10. The Hall–Kier alpha value is -2.68. The molecule has 25 heavy (non-hydrogen) atoms. The molecule has 0 aliphatic carbocycles. The molecule has 0 atom stereocenters. The first-order valence-corrected chi connectivity index (χ1v) is 8.11. The molecule has 0 unspecified atom stereocenters. The van der Waals surface area contributed by atoms with Gasteiger partial charge in [0.2, 0.25) is 0 Å². The predicted molar refractivity (Wildman–Crippen MR) is 96.1 cm³/mol. The average molecular weight is 375 g/mol. The van der Waals surface area contributed by atoms with Crippen LogP contribution in [0.4, 0.5) is 5.69 Å².